The molecule has 0 fully saturated rings. The van der Waals surface area contributed by atoms with Gasteiger partial charge in [-0.3, -0.25) is 4.79 Å². The average Bonchev–Trinajstić information content (AvgIpc) is 3.44. The molecule has 40 heavy (non-hydrogen) atoms. The fourth-order valence-electron chi connectivity index (χ4n) is 4.92. The van der Waals surface area contributed by atoms with E-state index in [1.165, 1.54) is 0 Å². The first kappa shape index (κ1) is 27.2. The first-order valence-electron chi connectivity index (χ1n) is 13.7. The van der Waals surface area contributed by atoms with Gasteiger partial charge in [0, 0.05) is 37.5 Å². The van der Waals surface area contributed by atoms with Crippen molar-refractivity contribution in [2.75, 3.05) is 26.4 Å². The van der Waals surface area contributed by atoms with E-state index in [9.17, 15) is 4.79 Å². The van der Waals surface area contributed by atoms with E-state index < -0.39 is 5.54 Å². The number of benzene rings is 4. The number of nitrogens with zero attached hydrogens (tertiary/aromatic N) is 1. The summed E-state index contributed by atoms with van der Waals surface area (Å²) >= 11 is 0. The molecular formula is C34H34N2O4. The predicted molar refractivity (Wildman–Crippen MR) is 157 cm³/mol. The van der Waals surface area contributed by atoms with Crippen LogP contribution in [-0.4, -0.2) is 48.8 Å². The van der Waals surface area contributed by atoms with Crippen molar-refractivity contribution in [3.8, 4) is 5.75 Å². The maximum absolute atomic E-state index is 14.0. The highest BCUT2D eigenvalue weighted by atomic mass is 16.5. The third kappa shape index (κ3) is 6.58. The summed E-state index contributed by atoms with van der Waals surface area (Å²) in [5.74, 6) is 0.990. The number of carbonyl (C=O) groups is 1. The zero-order valence-electron chi connectivity index (χ0n) is 22.4. The molecule has 5 rings (SSSR count). The van der Waals surface area contributed by atoms with Crippen molar-refractivity contribution in [3.05, 3.63) is 138 Å². The minimum atomic E-state index is -1.09. The Morgan fingerprint density at radius 3 is 2.08 bits per heavy atom. The minimum absolute atomic E-state index is 0.00396. The summed E-state index contributed by atoms with van der Waals surface area (Å²) in [6.45, 7) is 1.12. The van der Waals surface area contributed by atoms with Crippen LogP contribution in [0, 0.1) is 0 Å². The normalized spacial score (nSPS) is 16.3. The summed E-state index contributed by atoms with van der Waals surface area (Å²) in [4.78, 5) is 18.9. The number of nitrogens with one attached hydrogen (secondary N) is 1. The molecule has 0 unspecified atom stereocenters. The van der Waals surface area contributed by atoms with Gasteiger partial charge in [-0.25, -0.2) is 4.99 Å². The topological polar surface area (TPSA) is 80.2 Å². The Hall–Kier alpha value is -4.42. The lowest BCUT2D eigenvalue weighted by molar-refractivity contribution is -0.126. The second-order valence-electron chi connectivity index (χ2n) is 9.93. The van der Waals surface area contributed by atoms with Gasteiger partial charge in [-0.1, -0.05) is 91.0 Å². The molecule has 0 aliphatic carbocycles. The molecule has 1 aliphatic rings. The number of aliphatic hydroxyl groups excluding tert-OH is 1. The van der Waals surface area contributed by atoms with Crippen molar-refractivity contribution in [3.63, 3.8) is 0 Å². The molecule has 0 saturated heterocycles. The molecule has 0 radical (unpaired) electrons. The minimum Gasteiger partial charge on any atom is -0.494 e. The lowest BCUT2D eigenvalue weighted by Gasteiger charge is -2.25. The van der Waals surface area contributed by atoms with Crippen LogP contribution in [0.15, 0.2) is 120 Å². The Morgan fingerprint density at radius 2 is 1.48 bits per heavy atom. The third-order valence-corrected chi connectivity index (χ3v) is 7.07. The molecule has 1 heterocycles. The summed E-state index contributed by atoms with van der Waals surface area (Å²) in [7, 11) is 0. The van der Waals surface area contributed by atoms with E-state index in [-0.39, 0.29) is 25.0 Å². The molecular weight excluding hydrogens is 500 g/mol. The molecule has 0 aromatic heterocycles. The molecule has 0 spiro atoms. The van der Waals surface area contributed by atoms with Crippen LogP contribution in [0.2, 0.25) is 0 Å². The van der Waals surface area contributed by atoms with Crippen LogP contribution in [-0.2, 0) is 16.0 Å². The molecule has 6 heteroatoms. The first-order valence-corrected chi connectivity index (χ1v) is 13.7. The number of hydrogen-bond acceptors (Lipinski definition) is 5. The Bertz CT molecular complexity index is 1350. The van der Waals surface area contributed by atoms with E-state index in [4.69, 9.17) is 19.6 Å². The molecule has 204 valence electrons. The van der Waals surface area contributed by atoms with Crippen molar-refractivity contribution in [2.24, 2.45) is 4.99 Å². The van der Waals surface area contributed by atoms with Crippen LogP contribution in [0.5, 0.6) is 5.75 Å². The summed E-state index contributed by atoms with van der Waals surface area (Å²) in [5.41, 5.74) is 2.98. The SMILES string of the molecule is O=C(NCC(c1ccccc1)c1ccccc1)[C@@]1(Cc2ccccc2)COC(c2ccc(OCCCO)cc2)=N1. The first-order chi connectivity index (χ1) is 19.7. The van der Waals surface area contributed by atoms with E-state index in [2.05, 4.69) is 29.6 Å². The number of carbonyl (C=O) groups excluding carboxylic acids is 1. The molecule has 2 N–H and O–H groups in total. The highest BCUT2D eigenvalue weighted by molar-refractivity contribution is 6.00. The molecule has 1 amide bonds. The third-order valence-electron chi connectivity index (χ3n) is 7.07. The average molecular weight is 535 g/mol. The van der Waals surface area contributed by atoms with Gasteiger partial charge in [0.05, 0.1) is 6.61 Å². The molecule has 6 nitrogen and oxygen atoms in total. The van der Waals surface area contributed by atoms with E-state index >= 15 is 0 Å². The standard InChI is InChI=1S/C34H34N2O4/c37-21-10-22-39-30-19-17-29(18-20-30)32-36-34(25-40-32,23-26-11-4-1-5-12-26)33(38)35-24-31(27-13-6-2-7-14-27)28-15-8-3-9-16-28/h1-9,11-20,31,37H,10,21-25H2,(H,35,38)/t34-/m1/s1. The van der Waals surface area contributed by atoms with Crippen LogP contribution < -0.4 is 10.1 Å². The Labute approximate surface area is 235 Å². The van der Waals surface area contributed by atoms with Gasteiger partial charge in [0.1, 0.15) is 12.4 Å². The largest absolute Gasteiger partial charge is 0.494 e. The summed E-state index contributed by atoms with van der Waals surface area (Å²) in [6.07, 6.45) is 0.997. The Kier molecular flexibility index (Phi) is 8.89. The molecule has 0 saturated carbocycles. The zero-order valence-corrected chi connectivity index (χ0v) is 22.4. The highest BCUT2D eigenvalue weighted by Crippen LogP contribution is 2.29. The van der Waals surface area contributed by atoms with E-state index in [1.54, 1.807) is 0 Å². The van der Waals surface area contributed by atoms with Crippen LogP contribution in [0.4, 0.5) is 0 Å². The summed E-state index contributed by atoms with van der Waals surface area (Å²) in [5, 5.41) is 12.2. The quantitative estimate of drug-likeness (QED) is 0.246. The van der Waals surface area contributed by atoms with Crippen LogP contribution in [0.25, 0.3) is 0 Å². The van der Waals surface area contributed by atoms with Gasteiger partial charge in [0.2, 0.25) is 5.90 Å². The van der Waals surface area contributed by atoms with Gasteiger partial charge in [-0.2, -0.15) is 0 Å². The number of aliphatic hydroxyl groups is 1. The second-order valence-corrected chi connectivity index (χ2v) is 9.93. The van der Waals surface area contributed by atoms with E-state index in [0.717, 1.165) is 22.3 Å². The molecule has 1 atom stereocenters. The van der Waals surface area contributed by atoms with E-state index in [0.29, 0.717) is 37.6 Å². The maximum Gasteiger partial charge on any atom is 0.252 e. The summed E-state index contributed by atoms with van der Waals surface area (Å²) in [6, 6.07) is 37.8. The molecule has 4 aromatic carbocycles. The monoisotopic (exact) mass is 534 g/mol. The Balaban J connectivity index is 1.39. The number of rotatable bonds is 12. The van der Waals surface area contributed by atoms with Gasteiger partial charge >= 0.3 is 0 Å². The molecule has 4 aromatic rings. The summed E-state index contributed by atoms with van der Waals surface area (Å²) < 4.78 is 11.7. The van der Waals surface area contributed by atoms with Crippen molar-refractivity contribution < 1.29 is 19.4 Å². The number of ether oxygens (including phenoxy) is 2. The fourth-order valence-corrected chi connectivity index (χ4v) is 4.92. The van der Waals surface area contributed by atoms with Gasteiger partial charge in [0.25, 0.3) is 5.91 Å². The zero-order chi connectivity index (χ0) is 27.6. The molecule has 0 bridgehead atoms. The second kappa shape index (κ2) is 13.1. The number of amides is 1. The highest BCUT2D eigenvalue weighted by Gasteiger charge is 2.44. The number of aliphatic imine (C=N–C) groups is 1. The van der Waals surface area contributed by atoms with Crippen LogP contribution >= 0.6 is 0 Å². The van der Waals surface area contributed by atoms with Crippen LogP contribution in [0.1, 0.15) is 34.6 Å². The van der Waals surface area contributed by atoms with Gasteiger partial charge in [0.15, 0.2) is 5.54 Å². The lowest BCUT2D eigenvalue weighted by atomic mass is 9.89. The smallest absolute Gasteiger partial charge is 0.252 e. The van der Waals surface area contributed by atoms with Crippen molar-refractivity contribution in [2.45, 2.75) is 24.3 Å². The Morgan fingerprint density at radius 1 is 0.875 bits per heavy atom. The fraction of sp³-hybridized carbons (Fsp3) is 0.235. The van der Waals surface area contributed by atoms with Gasteiger partial charge in [-0.05, 0) is 41.0 Å². The van der Waals surface area contributed by atoms with Crippen molar-refractivity contribution in [1.82, 2.24) is 5.32 Å². The predicted octanol–water partition coefficient (Wildman–Crippen LogP) is 5.15. The van der Waals surface area contributed by atoms with Crippen molar-refractivity contribution >= 4 is 11.8 Å². The maximum atomic E-state index is 14.0. The van der Waals surface area contributed by atoms with E-state index in [1.807, 2.05) is 91.0 Å². The van der Waals surface area contributed by atoms with Gasteiger partial charge in [-0.15, -0.1) is 0 Å². The lowest BCUT2D eigenvalue weighted by Crippen LogP contribution is -2.49. The molecule has 1 aliphatic heterocycles. The number of hydrogen-bond donors (Lipinski definition) is 2. The van der Waals surface area contributed by atoms with Crippen LogP contribution in [0.3, 0.4) is 0 Å². The van der Waals surface area contributed by atoms with Gasteiger partial charge < -0.3 is 19.9 Å². The van der Waals surface area contributed by atoms with Crippen molar-refractivity contribution in [1.29, 1.82) is 0 Å².